The van der Waals surface area contributed by atoms with Crippen LogP contribution in [-0.2, 0) is 4.79 Å². The summed E-state index contributed by atoms with van der Waals surface area (Å²) < 4.78 is 0. The van der Waals surface area contributed by atoms with Crippen LogP contribution < -0.4 is 0 Å². The van der Waals surface area contributed by atoms with Crippen LogP contribution in [0.5, 0.6) is 0 Å². The molecule has 1 aliphatic heterocycles. The first-order valence-corrected chi connectivity index (χ1v) is 9.78. The molecule has 3 heteroatoms. The first kappa shape index (κ1) is 15.9. The molecule has 3 saturated carbocycles. The van der Waals surface area contributed by atoms with Gasteiger partial charge in [-0.1, -0.05) is 13.8 Å². The Hall–Kier alpha value is -0.570. The number of fused-ring (bicyclic) bond motifs is 5. The average molecular weight is 319 g/mol. The van der Waals surface area contributed by atoms with Crippen LogP contribution in [0.4, 0.5) is 0 Å². The molecule has 3 nitrogen and oxygen atoms in total. The lowest BCUT2D eigenvalue weighted by Crippen LogP contribution is -2.61. The Kier molecular flexibility index (Phi) is 3.61. The summed E-state index contributed by atoms with van der Waals surface area (Å²) in [6.45, 7) is 5.33. The Morgan fingerprint density at radius 3 is 2.52 bits per heavy atom. The Bertz CT molecular complexity index is 506. The van der Waals surface area contributed by atoms with Gasteiger partial charge in [0.25, 0.3) is 0 Å². The van der Waals surface area contributed by atoms with Crippen molar-refractivity contribution < 1.29 is 9.90 Å². The number of amides is 1. The van der Waals surface area contributed by atoms with Gasteiger partial charge >= 0.3 is 0 Å². The molecule has 0 aromatic heterocycles. The van der Waals surface area contributed by atoms with Crippen molar-refractivity contribution in [3.05, 3.63) is 0 Å². The molecule has 23 heavy (non-hydrogen) atoms. The van der Waals surface area contributed by atoms with E-state index in [0.717, 1.165) is 30.6 Å². The molecular formula is C20H33NO2. The van der Waals surface area contributed by atoms with Gasteiger partial charge in [-0.3, -0.25) is 4.79 Å². The smallest absolute Gasteiger partial charge is 0.222 e. The number of hydrogen-bond donors (Lipinski definition) is 1. The van der Waals surface area contributed by atoms with Crippen molar-refractivity contribution in [2.75, 3.05) is 13.7 Å². The number of rotatable bonds is 1. The summed E-state index contributed by atoms with van der Waals surface area (Å²) in [6, 6.07) is 0.462. The zero-order valence-electron chi connectivity index (χ0n) is 15.1. The van der Waals surface area contributed by atoms with Crippen molar-refractivity contribution in [2.45, 2.75) is 71.3 Å². The number of nitrogens with zero attached hydrogens (tertiary/aromatic N) is 1. The highest BCUT2D eigenvalue weighted by molar-refractivity contribution is 5.77. The van der Waals surface area contributed by atoms with E-state index in [0.29, 0.717) is 35.3 Å². The number of aliphatic hydroxyl groups is 1. The van der Waals surface area contributed by atoms with Gasteiger partial charge < -0.3 is 10.0 Å². The van der Waals surface area contributed by atoms with Crippen LogP contribution in [0.25, 0.3) is 0 Å². The third kappa shape index (κ3) is 2.01. The number of carbonyl (C=O) groups is 1. The third-order valence-electron chi connectivity index (χ3n) is 8.97. The van der Waals surface area contributed by atoms with Crippen LogP contribution >= 0.6 is 0 Å². The van der Waals surface area contributed by atoms with Crippen LogP contribution in [0, 0.1) is 34.5 Å². The van der Waals surface area contributed by atoms with E-state index < -0.39 is 0 Å². The maximum atomic E-state index is 12.2. The molecule has 0 bridgehead atoms. The van der Waals surface area contributed by atoms with Gasteiger partial charge in [-0.05, 0) is 79.4 Å². The zero-order valence-corrected chi connectivity index (χ0v) is 15.1. The minimum absolute atomic E-state index is 0.324. The monoisotopic (exact) mass is 319 g/mol. The van der Waals surface area contributed by atoms with E-state index in [2.05, 4.69) is 18.7 Å². The summed E-state index contributed by atoms with van der Waals surface area (Å²) in [5.74, 6) is 3.29. The first-order valence-electron chi connectivity index (χ1n) is 9.78. The van der Waals surface area contributed by atoms with E-state index >= 15 is 0 Å². The Morgan fingerprint density at radius 2 is 1.78 bits per heavy atom. The van der Waals surface area contributed by atoms with E-state index in [9.17, 15) is 9.90 Å². The van der Waals surface area contributed by atoms with Gasteiger partial charge in [0, 0.05) is 26.1 Å². The second kappa shape index (κ2) is 5.21. The molecule has 1 heterocycles. The average Bonchev–Trinajstić information content (AvgIpc) is 2.88. The molecule has 0 radical (unpaired) electrons. The molecule has 7 atom stereocenters. The topological polar surface area (TPSA) is 40.5 Å². The summed E-state index contributed by atoms with van der Waals surface area (Å²) in [4.78, 5) is 14.2. The summed E-state index contributed by atoms with van der Waals surface area (Å²) in [5, 5.41) is 9.82. The Balaban J connectivity index is 1.64. The van der Waals surface area contributed by atoms with Crippen molar-refractivity contribution in [3.8, 4) is 0 Å². The lowest BCUT2D eigenvalue weighted by atomic mass is 9.47. The van der Waals surface area contributed by atoms with E-state index in [-0.39, 0.29) is 0 Å². The highest BCUT2D eigenvalue weighted by atomic mass is 16.3. The van der Waals surface area contributed by atoms with Crippen molar-refractivity contribution in [3.63, 3.8) is 0 Å². The fourth-order valence-electron chi connectivity index (χ4n) is 7.56. The highest BCUT2D eigenvalue weighted by Crippen LogP contribution is 2.65. The minimum atomic E-state index is 0.324. The van der Waals surface area contributed by atoms with Crippen LogP contribution in [-0.4, -0.2) is 35.6 Å². The normalized spacial score (nSPS) is 52.8. The Morgan fingerprint density at radius 1 is 1.04 bits per heavy atom. The van der Waals surface area contributed by atoms with Gasteiger partial charge in [-0.2, -0.15) is 0 Å². The van der Waals surface area contributed by atoms with Crippen LogP contribution in [0.3, 0.4) is 0 Å². The molecule has 0 aromatic carbocycles. The number of piperidine rings is 1. The number of hydrogen-bond acceptors (Lipinski definition) is 2. The summed E-state index contributed by atoms with van der Waals surface area (Å²) in [6.07, 6.45) is 9.45. The molecule has 1 amide bonds. The summed E-state index contributed by atoms with van der Waals surface area (Å²) in [7, 11) is 2.04. The van der Waals surface area contributed by atoms with Crippen molar-refractivity contribution in [1.29, 1.82) is 0 Å². The zero-order chi connectivity index (χ0) is 16.4. The molecule has 2 unspecified atom stereocenters. The summed E-state index contributed by atoms with van der Waals surface area (Å²) >= 11 is 0. The second-order valence-electron chi connectivity index (χ2n) is 9.48. The number of likely N-dealkylation sites (tertiary alicyclic amines) is 1. The lowest BCUT2D eigenvalue weighted by Gasteiger charge is -2.61. The van der Waals surface area contributed by atoms with Crippen molar-refractivity contribution in [1.82, 2.24) is 4.90 Å². The lowest BCUT2D eigenvalue weighted by molar-refractivity contribution is -0.158. The van der Waals surface area contributed by atoms with Crippen molar-refractivity contribution in [2.24, 2.45) is 34.5 Å². The van der Waals surface area contributed by atoms with Gasteiger partial charge in [-0.15, -0.1) is 0 Å². The maximum Gasteiger partial charge on any atom is 0.222 e. The molecule has 4 aliphatic rings. The molecule has 0 spiro atoms. The van der Waals surface area contributed by atoms with Crippen LogP contribution in [0.2, 0.25) is 0 Å². The van der Waals surface area contributed by atoms with Gasteiger partial charge in [-0.25, -0.2) is 0 Å². The predicted octanol–water partition coefficient (Wildman–Crippen LogP) is 3.46. The van der Waals surface area contributed by atoms with Crippen molar-refractivity contribution >= 4 is 5.91 Å². The van der Waals surface area contributed by atoms with Gasteiger partial charge in [0.15, 0.2) is 0 Å². The van der Waals surface area contributed by atoms with E-state index in [1.165, 1.54) is 38.5 Å². The van der Waals surface area contributed by atoms with Gasteiger partial charge in [0.2, 0.25) is 5.91 Å². The van der Waals surface area contributed by atoms with Crippen LogP contribution in [0.1, 0.15) is 65.2 Å². The van der Waals surface area contributed by atoms with E-state index in [4.69, 9.17) is 0 Å². The third-order valence-corrected chi connectivity index (χ3v) is 8.97. The SMILES string of the molecule is CN1C(=O)CC[C@@]2(C)C1CC[C@@H]1[C@H]2CC[C@]2(C)C(CO)CC[C@@H]12. The molecule has 1 saturated heterocycles. The quantitative estimate of drug-likeness (QED) is 0.804. The second-order valence-corrected chi connectivity index (χ2v) is 9.48. The van der Waals surface area contributed by atoms with E-state index in [1.807, 2.05) is 7.05 Å². The molecule has 0 aromatic rings. The predicted molar refractivity (Wildman–Crippen MR) is 90.8 cm³/mol. The number of aliphatic hydroxyl groups excluding tert-OH is 1. The molecule has 4 fully saturated rings. The molecule has 130 valence electrons. The van der Waals surface area contributed by atoms with Crippen LogP contribution in [0.15, 0.2) is 0 Å². The largest absolute Gasteiger partial charge is 0.396 e. The minimum Gasteiger partial charge on any atom is -0.396 e. The number of carbonyl (C=O) groups excluding carboxylic acids is 1. The fourth-order valence-corrected chi connectivity index (χ4v) is 7.56. The first-order chi connectivity index (χ1) is 10.9. The Labute approximate surface area is 140 Å². The highest BCUT2D eigenvalue weighted by Gasteiger charge is 2.60. The molecule has 4 rings (SSSR count). The fraction of sp³-hybridized carbons (Fsp3) is 0.950. The molecule has 3 aliphatic carbocycles. The molecule has 1 N–H and O–H groups in total. The summed E-state index contributed by atoms with van der Waals surface area (Å²) in [5.41, 5.74) is 0.694. The maximum absolute atomic E-state index is 12.2. The van der Waals surface area contributed by atoms with Gasteiger partial charge in [0.05, 0.1) is 0 Å². The van der Waals surface area contributed by atoms with Gasteiger partial charge in [0.1, 0.15) is 0 Å². The standard InChI is InChI=1S/C20H33NO2/c1-19-10-8-16-14(15(19)6-4-13(19)12-22)5-7-17-20(16,2)11-9-18(23)21(17)3/h13-17,22H,4-12H2,1-3H3/t13?,14-,15-,16+,17?,19+,20+/m0/s1. The molecular weight excluding hydrogens is 286 g/mol. The van der Waals surface area contributed by atoms with E-state index in [1.54, 1.807) is 0 Å².